The first-order chi connectivity index (χ1) is 18.5. The molecule has 0 radical (unpaired) electrons. The van der Waals surface area contributed by atoms with E-state index in [1.807, 2.05) is 24.1 Å². The van der Waals surface area contributed by atoms with Gasteiger partial charge in [0.05, 0.1) is 5.69 Å². The molecule has 2 fully saturated rings. The largest absolute Gasteiger partial charge is 0.340 e. The molecule has 38 heavy (non-hydrogen) atoms. The second kappa shape index (κ2) is 11.8. The van der Waals surface area contributed by atoms with Crippen molar-refractivity contribution in [1.82, 2.24) is 40.6 Å². The van der Waals surface area contributed by atoms with Gasteiger partial charge >= 0.3 is 0 Å². The van der Waals surface area contributed by atoms with Crippen LogP contribution < -0.4 is 10.6 Å². The Kier molecular flexibility index (Phi) is 8.04. The van der Waals surface area contributed by atoms with E-state index in [1.54, 1.807) is 24.3 Å². The van der Waals surface area contributed by atoms with Crippen LogP contribution in [0.5, 0.6) is 0 Å². The molecule has 2 aliphatic rings. The molecular formula is C27H33FN8O2. The van der Waals surface area contributed by atoms with Crippen molar-refractivity contribution in [3.63, 3.8) is 0 Å². The lowest BCUT2D eigenvalue weighted by Crippen LogP contribution is -2.54. The first kappa shape index (κ1) is 25.9. The predicted octanol–water partition coefficient (Wildman–Crippen LogP) is 1.60. The van der Waals surface area contributed by atoms with Crippen molar-refractivity contribution in [2.24, 2.45) is 0 Å². The highest BCUT2D eigenvalue weighted by molar-refractivity contribution is 5.97. The summed E-state index contributed by atoms with van der Waals surface area (Å²) in [5.41, 5.74) is 2.35. The Labute approximate surface area is 221 Å². The smallest absolute Gasteiger partial charge is 0.251 e. The van der Waals surface area contributed by atoms with Gasteiger partial charge in [0.15, 0.2) is 0 Å². The number of nitrogens with zero attached hydrogens (tertiary/aromatic N) is 6. The van der Waals surface area contributed by atoms with E-state index in [0.717, 1.165) is 43.7 Å². The average molecular weight is 521 g/mol. The summed E-state index contributed by atoms with van der Waals surface area (Å²) in [5.74, 6) is -0.144. The van der Waals surface area contributed by atoms with Gasteiger partial charge in [-0.15, -0.1) is 5.10 Å². The lowest BCUT2D eigenvalue weighted by atomic mass is 10.1. The number of nitrogens with one attached hydrogen (secondary N) is 2. The minimum absolute atomic E-state index is 0.0348. The highest BCUT2D eigenvalue weighted by Crippen LogP contribution is 2.40. The van der Waals surface area contributed by atoms with Gasteiger partial charge in [0.1, 0.15) is 18.2 Å². The number of piperazine rings is 1. The molecule has 1 saturated carbocycles. The molecular weight excluding hydrogens is 487 g/mol. The molecule has 3 aromatic rings. The Hall–Kier alpha value is -3.70. The van der Waals surface area contributed by atoms with E-state index >= 15 is 0 Å². The van der Waals surface area contributed by atoms with Crippen LogP contribution in [0.1, 0.15) is 41.1 Å². The number of halogens is 1. The number of rotatable bonds is 10. The van der Waals surface area contributed by atoms with E-state index in [-0.39, 0.29) is 17.6 Å². The Morgan fingerprint density at radius 1 is 1.05 bits per heavy atom. The van der Waals surface area contributed by atoms with Crippen LogP contribution in [0, 0.1) is 5.82 Å². The quantitative estimate of drug-likeness (QED) is 0.391. The van der Waals surface area contributed by atoms with Crippen molar-refractivity contribution in [3.05, 3.63) is 71.8 Å². The van der Waals surface area contributed by atoms with Gasteiger partial charge in [-0.1, -0.05) is 12.1 Å². The van der Waals surface area contributed by atoms with Gasteiger partial charge in [-0.2, -0.15) is 0 Å². The molecule has 5 rings (SSSR count). The molecule has 200 valence electrons. The fourth-order valence-corrected chi connectivity index (χ4v) is 4.88. The van der Waals surface area contributed by atoms with Crippen LogP contribution in [0.3, 0.4) is 0 Å². The lowest BCUT2D eigenvalue weighted by Gasteiger charge is -2.34. The summed E-state index contributed by atoms with van der Waals surface area (Å²) >= 11 is 0. The zero-order valence-electron chi connectivity index (χ0n) is 21.5. The molecule has 1 unspecified atom stereocenters. The van der Waals surface area contributed by atoms with E-state index in [1.165, 1.54) is 23.1 Å². The predicted molar refractivity (Wildman–Crippen MR) is 139 cm³/mol. The molecule has 2 N–H and O–H groups in total. The second-order valence-electron chi connectivity index (χ2n) is 10.1. The van der Waals surface area contributed by atoms with Crippen LogP contribution in [-0.4, -0.2) is 93.7 Å². The first-order valence-corrected chi connectivity index (χ1v) is 13.1. The molecule has 0 spiro atoms. The van der Waals surface area contributed by atoms with Gasteiger partial charge in [0.2, 0.25) is 5.91 Å². The standard InChI is InChI=1S/C27H33FN8O2/c1-34-13-15-35(16-14-34)27(38)24(3-2-12-29-25-17-23(25)19-4-8-21(28)9-5-19)31-26(37)20-6-10-22(11-7-20)36-18-30-32-33-36/h4-11,18,23-25,29H,2-3,12-17H2,1H3,(H,31,37)/t23-,24?,25+/m0/s1. The fraction of sp³-hybridized carbons (Fsp3) is 0.444. The van der Waals surface area contributed by atoms with Gasteiger partial charge in [-0.05, 0) is 85.2 Å². The maximum atomic E-state index is 13.4. The summed E-state index contributed by atoms with van der Waals surface area (Å²) in [5, 5.41) is 17.6. The topological polar surface area (TPSA) is 108 Å². The monoisotopic (exact) mass is 520 g/mol. The van der Waals surface area contributed by atoms with Crippen molar-refractivity contribution in [3.8, 4) is 5.69 Å². The highest BCUT2D eigenvalue weighted by atomic mass is 19.1. The summed E-state index contributed by atoms with van der Waals surface area (Å²) < 4.78 is 14.7. The zero-order valence-corrected chi connectivity index (χ0v) is 21.5. The van der Waals surface area contributed by atoms with Crippen molar-refractivity contribution in [1.29, 1.82) is 0 Å². The summed E-state index contributed by atoms with van der Waals surface area (Å²) in [4.78, 5) is 30.5. The summed E-state index contributed by atoms with van der Waals surface area (Å²) in [6, 6.07) is 13.4. The molecule has 0 bridgehead atoms. The maximum Gasteiger partial charge on any atom is 0.251 e. The van der Waals surface area contributed by atoms with Crippen molar-refractivity contribution in [2.45, 2.75) is 37.3 Å². The zero-order chi connectivity index (χ0) is 26.5. The van der Waals surface area contributed by atoms with E-state index in [2.05, 4.69) is 31.1 Å². The molecule has 3 atom stereocenters. The number of carbonyl (C=O) groups excluding carboxylic acids is 2. The maximum absolute atomic E-state index is 13.4. The van der Waals surface area contributed by atoms with Crippen LogP contribution >= 0.6 is 0 Å². The van der Waals surface area contributed by atoms with E-state index < -0.39 is 6.04 Å². The second-order valence-corrected chi connectivity index (χ2v) is 10.1. The number of carbonyl (C=O) groups is 2. The van der Waals surface area contributed by atoms with Crippen LogP contribution in [0.15, 0.2) is 54.9 Å². The third kappa shape index (κ3) is 6.40. The number of amides is 2. The van der Waals surface area contributed by atoms with E-state index in [0.29, 0.717) is 37.0 Å². The molecule has 1 saturated heterocycles. The van der Waals surface area contributed by atoms with Gasteiger partial charge in [0, 0.05) is 43.7 Å². The number of likely N-dealkylation sites (N-methyl/N-ethyl adjacent to an activating group) is 1. The molecule has 1 aromatic heterocycles. The Bertz CT molecular complexity index is 1210. The molecule has 1 aliphatic heterocycles. The third-order valence-corrected chi connectivity index (χ3v) is 7.33. The summed E-state index contributed by atoms with van der Waals surface area (Å²) in [7, 11) is 2.04. The summed E-state index contributed by atoms with van der Waals surface area (Å²) in [6.45, 7) is 3.69. The van der Waals surface area contributed by atoms with Crippen LogP contribution in [0.2, 0.25) is 0 Å². The van der Waals surface area contributed by atoms with Gasteiger partial charge < -0.3 is 20.4 Å². The number of benzene rings is 2. The molecule has 11 heteroatoms. The average Bonchev–Trinajstić information content (AvgIpc) is 3.49. The van der Waals surface area contributed by atoms with Crippen LogP contribution in [0.25, 0.3) is 5.69 Å². The molecule has 2 aromatic carbocycles. The minimum atomic E-state index is -0.598. The van der Waals surface area contributed by atoms with Crippen molar-refractivity contribution < 1.29 is 14.0 Å². The molecule has 2 amide bonds. The highest BCUT2D eigenvalue weighted by Gasteiger charge is 2.37. The molecule has 2 heterocycles. The van der Waals surface area contributed by atoms with Crippen molar-refractivity contribution >= 4 is 11.8 Å². The Balaban J connectivity index is 1.16. The van der Waals surface area contributed by atoms with E-state index in [9.17, 15) is 14.0 Å². The fourth-order valence-electron chi connectivity index (χ4n) is 4.88. The molecule has 1 aliphatic carbocycles. The normalized spacial score (nSPS) is 20.2. The summed E-state index contributed by atoms with van der Waals surface area (Å²) in [6.07, 6.45) is 3.79. The Morgan fingerprint density at radius 2 is 1.79 bits per heavy atom. The first-order valence-electron chi connectivity index (χ1n) is 13.1. The third-order valence-electron chi connectivity index (χ3n) is 7.33. The lowest BCUT2D eigenvalue weighted by molar-refractivity contribution is -0.135. The minimum Gasteiger partial charge on any atom is -0.340 e. The van der Waals surface area contributed by atoms with Crippen LogP contribution in [0.4, 0.5) is 4.39 Å². The van der Waals surface area contributed by atoms with Gasteiger partial charge in [-0.3, -0.25) is 9.59 Å². The SMILES string of the molecule is CN1CCN(C(=O)C(CCCN[C@@H]2C[C@H]2c2ccc(F)cc2)NC(=O)c2ccc(-n3cnnn3)cc2)CC1. The van der Waals surface area contributed by atoms with Gasteiger partial charge in [0.25, 0.3) is 5.91 Å². The van der Waals surface area contributed by atoms with Gasteiger partial charge in [-0.25, -0.2) is 9.07 Å². The number of tetrazole rings is 1. The Morgan fingerprint density at radius 3 is 2.47 bits per heavy atom. The molecule has 10 nitrogen and oxygen atoms in total. The van der Waals surface area contributed by atoms with Crippen molar-refractivity contribution in [2.75, 3.05) is 39.8 Å². The van der Waals surface area contributed by atoms with E-state index in [4.69, 9.17) is 0 Å². The van der Waals surface area contributed by atoms with Crippen LogP contribution in [-0.2, 0) is 4.79 Å². The number of hydrogen-bond acceptors (Lipinski definition) is 7. The number of aromatic nitrogens is 4. The number of hydrogen-bond donors (Lipinski definition) is 2.